The highest BCUT2D eigenvalue weighted by molar-refractivity contribution is 9.10. The fourth-order valence-electron chi connectivity index (χ4n) is 2.42. The van der Waals surface area contributed by atoms with Crippen molar-refractivity contribution in [3.05, 3.63) is 28.7 Å². The molecule has 136 valence electrons. The Morgan fingerprint density at radius 2 is 1.96 bits per heavy atom. The predicted molar refractivity (Wildman–Crippen MR) is 103 cm³/mol. The van der Waals surface area contributed by atoms with Gasteiger partial charge in [-0.3, -0.25) is 9.10 Å². The Hall–Kier alpha value is -1.08. The molecular formula is C17H27BrN2O3S. The van der Waals surface area contributed by atoms with Gasteiger partial charge in [0.05, 0.1) is 11.9 Å². The van der Waals surface area contributed by atoms with Crippen LogP contribution in [0.1, 0.15) is 39.5 Å². The van der Waals surface area contributed by atoms with Crippen molar-refractivity contribution >= 4 is 37.5 Å². The Bertz CT molecular complexity index is 634. The second-order valence-electron chi connectivity index (χ2n) is 5.94. The molecule has 0 aliphatic heterocycles. The van der Waals surface area contributed by atoms with E-state index in [4.69, 9.17) is 0 Å². The first-order valence-electron chi connectivity index (χ1n) is 8.28. The van der Waals surface area contributed by atoms with Crippen LogP contribution < -0.4 is 9.62 Å². The first kappa shape index (κ1) is 21.0. The van der Waals surface area contributed by atoms with Crippen LogP contribution in [0.5, 0.6) is 0 Å². The van der Waals surface area contributed by atoms with Gasteiger partial charge in [0, 0.05) is 11.0 Å². The van der Waals surface area contributed by atoms with E-state index in [1.165, 1.54) is 0 Å². The summed E-state index contributed by atoms with van der Waals surface area (Å²) in [6, 6.07) is 6.97. The van der Waals surface area contributed by atoms with Crippen LogP contribution in [-0.2, 0) is 14.8 Å². The molecule has 0 aromatic heterocycles. The normalized spacial score (nSPS) is 12.7. The monoisotopic (exact) mass is 418 g/mol. The minimum absolute atomic E-state index is 0.217. The molecule has 1 rings (SSSR count). The molecule has 7 heteroatoms. The van der Waals surface area contributed by atoms with Crippen LogP contribution in [0.4, 0.5) is 5.69 Å². The second-order valence-corrected chi connectivity index (χ2v) is 8.70. The summed E-state index contributed by atoms with van der Waals surface area (Å²) in [5.41, 5.74) is 0.466. The van der Waals surface area contributed by atoms with Crippen LogP contribution in [0, 0.1) is 5.92 Å². The molecule has 5 nitrogen and oxygen atoms in total. The van der Waals surface area contributed by atoms with Crippen molar-refractivity contribution in [1.82, 2.24) is 5.32 Å². The molecular weight excluding hydrogens is 392 g/mol. The van der Waals surface area contributed by atoms with Gasteiger partial charge in [-0.25, -0.2) is 8.42 Å². The average molecular weight is 419 g/mol. The fourth-order valence-corrected chi connectivity index (χ4v) is 3.91. The van der Waals surface area contributed by atoms with Crippen molar-refractivity contribution in [3.63, 3.8) is 0 Å². The molecule has 1 aromatic carbocycles. The van der Waals surface area contributed by atoms with Gasteiger partial charge in [-0.2, -0.15) is 0 Å². The Morgan fingerprint density at radius 3 is 2.50 bits per heavy atom. The Morgan fingerprint density at radius 1 is 1.29 bits per heavy atom. The summed E-state index contributed by atoms with van der Waals surface area (Å²) < 4.78 is 25.9. The standard InChI is InChI=1S/C17H27BrN2O3S/c1-4-6-9-14(5-2)12-19-17(21)13-20(24(3,22)23)16-11-8-7-10-15(16)18/h7-8,10-11,14H,4-6,9,12-13H2,1-3H3,(H,19,21). The zero-order valence-corrected chi connectivity index (χ0v) is 17.0. The summed E-state index contributed by atoms with van der Waals surface area (Å²) >= 11 is 3.34. The first-order chi connectivity index (χ1) is 11.3. The highest BCUT2D eigenvalue weighted by atomic mass is 79.9. The molecule has 0 fully saturated rings. The van der Waals surface area contributed by atoms with Crippen LogP contribution in [0.2, 0.25) is 0 Å². The zero-order chi connectivity index (χ0) is 18.2. The van der Waals surface area contributed by atoms with E-state index in [1.807, 2.05) is 0 Å². The van der Waals surface area contributed by atoms with E-state index in [-0.39, 0.29) is 12.5 Å². The van der Waals surface area contributed by atoms with E-state index in [9.17, 15) is 13.2 Å². The lowest BCUT2D eigenvalue weighted by Gasteiger charge is -2.23. The van der Waals surface area contributed by atoms with Gasteiger partial charge in [-0.05, 0) is 40.4 Å². The summed E-state index contributed by atoms with van der Waals surface area (Å²) in [5, 5.41) is 2.87. The van der Waals surface area contributed by atoms with E-state index < -0.39 is 10.0 Å². The summed E-state index contributed by atoms with van der Waals surface area (Å²) in [6.07, 6.45) is 5.46. The van der Waals surface area contributed by atoms with Gasteiger partial charge in [-0.1, -0.05) is 45.2 Å². The van der Waals surface area contributed by atoms with Crippen molar-refractivity contribution in [2.24, 2.45) is 5.92 Å². The molecule has 1 aromatic rings. The second kappa shape index (κ2) is 10.0. The number of halogens is 1. The maximum Gasteiger partial charge on any atom is 0.240 e. The number of hydrogen-bond donors (Lipinski definition) is 1. The molecule has 1 atom stereocenters. The van der Waals surface area contributed by atoms with Crippen molar-refractivity contribution in [1.29, 1.82) is 0 Å². The van der Waals surface area contributed by atoms with Gasteiger partial charge in [0.1, 0.15) is 6.54 Å². The summed E-state index contributed by atoms with van der Waals surface area (Å²) in [6.45, 7) is 4.62. The van der Waals surface area contributed by atoms with Crippen LogP contribution in [0.3, 0.4) is 0 Å². The number of anilines is 1. The molecule has 24 heavy (non-hydrogen) atoms. The molecule has 1 amide bonds. The number of unbranched alkanes of at least 4 members (excludes halogenated alkanes) is 1. The number of hydrogen-bond acceptors (Lipinski definition) is 3. The third kappa shape index (κ3) is 6.81. The average Bonchev–Trinajstić information content (AvgIpc) is 2.52. The van der Waals surface area contributed by atoms with E-state index in [1.54, 1.807) is 24.3 Å². The van der Waals surface area contributed by atoms with Gasteiger partial charge < -0.3 is 5.32 Å². The van der Waals surface area contributed by atoms with Crippen molar-refractivity contribution in [2.75, 3.05) is 23.7 Å². The number of para-hydroxylation sites is 1. The van der Waals surface area contributed by atoms with E-state index in [0.29, 0.717) is 22.6 Å². The van der Waals surface area contributed by atoms with Crippen molar-refractivity contribution < 1.29 is 13.2 Å². The van der Waals surface area contributed by atoms with Gasteiger partial charge in [0.2, 0.25) is 15.9 Å². The number of benzene rings is 1. The largest absolute Gasteiger partial charge is 0.354 e. The first-order valence-corrected chi connectivity index (χ1v) is 10.9. The number of amides is 1. The maximum atomic E-state index is 12.2. The minimum atomic E-state index is -3.55. The molecule has 0 spiro atoms. The fraction of sp³-hybridized carbons (Fsp3) is 0.588. The molecule has 0 bridgehead atoms. The van der Waals surface area contributed by atoms with Crippen LogP contribution in [0.25, 0.3) is 0 Å². The molecule has 0 heterocycles. The van der Waals surface area contributed by atoms with Crippen LogP contribution in [-0.4, -0.2) is 33.7 Å². The lowest BCUT2D eigenvalue weighted by Crippen LogP contribution is -2.41. The van der Waals surface area contributed by atoms with Crippen LogP contribution >= 0.6 is 15.9 Å². The van der Waals surface area contributed by atoms with Gasteiger partial charge in [0.25, 0.3) is 0 Å². The minimum Gasteiger partial charge on any atom is -0.354 e. The summed E-state index contributed by atoms with van der Waals surface area (Å²) in [5.74, 6) is 0.148. The third-order valence-electron chi connectivity index (χ3n) is 3.94. The van der Waals surface area contributed by atoms with E-state index >= 15 is 0 Å². The number of carbonyl (C=O) groups is 1. The number of nitrogens with zero attached hydrogens (tertiary/aromatic N) is 1. The molecule has 1 N–H and O–H groups in total. The zero-order valence-electron chi connectivity index (χ0n) is 14.6. The maximum absolute atomic E-state index is 12.2. The number of sulfonamides is 1. The van der Waals surface area contributed by atoms with Gasteiger partial charge in [0.15, 0.2) is 0 Å². The molecule has 0 saturated carbocycles. The molecule has 0 aliphatic rings. The summed E-state index contributed by atoms with van der Waals surface area (Å²) in [7, 11) is -3.55. The predicted octanol–water partition coefficient (Wildman–Crippen LogP) is 3.55. The lowest BCUT2D eigenvalue weighted by molar-refractivity contribution is -0.119. The molecule has 1 unspecified atom stereocenters. The molecule has 0 saturated heterocycles. The molecule has 0 radical (unpaired) electrons. The third-order valence-corrected chi connectivity index (χ3v) is 5.74. The Labute approximate surface area is 154 Å². The lowest BCUT2D eigenvalue weighted by atomic mass is 9.99. The Kier molecular flexibility index (Phi) is 8.76. The highest BCUT2D eigenvalue weighted by Gasteiger charge is 2.22. The SMILES string of the molecule is CCCCC(CC)CNC(=O)CN(c1ccccc1Br)S(C)(=O)=O. The van der Waals surface area contributed by atoms with Crippen molar-refractivity contribution in [2.45, 2.75) is 39.5 Å². The van der Waals surface area contributed by atoms with Gasteiger partial charge in [-0.15, -0.1) is 0 Å². The van der Waals surface area contributed by atoms with Crippen molar-refractivity contribution in [3.8, 4) is 0 Å². The van der Waals surface area contributed by atoms with E-state index in [0.717, 1.165) is 36.2 Å². The smallest absolute Gasteiger partial charge is 0.240 e. The number of nitrogens with one attached hydrogen (secondary N) is 1. The quantitative estimate of drug-likeness (QED) is 0.631. The number of rotatable bonds is 10. The Balaban J connectivity index is 2.75. The van der Waals surface area contributed by atoms with E-state index in [2.05, 4.69) is 35.1 Å². The van der Waals surface area contributed by atoms with Gasteiger partial charge >= 0.3 is 0 Å². The summed E-state index contributed by atoms with van der Waals surface area (Å²) in [4.78, 5) is 12.2. The highest BCUT2D eigenvalue weighted by Crippen LogP contribution is 2.27. The van der Waals surface area contributed by atoms with Crippen LogP contribution in [0.15, 0.2) is 28.7 Å². The number of carbonyl (C=O) groups excluding carboxylic acids is 1. The topological polar surface area (TPSA) is 66.5 Å². The molecule has 0 aliphatic carbocycles.